The molecule has 2 aliphatic rings. The van der Waals surface area contributed by atoms with Crippen LogP contribution in [0.5, 0.6) is 5.75 Å². The number of H-pyrrole nitrogens is 1. The maximum Gasteiger partial charge on any atom is 0.255 e. The molecule has 0 spiro atoms. The van der Waals surface area contributed by atoms with Gasteiger partial charge >= 0.3 is 0 Å². The Morgan fingerprint density at radius 2 is 1.97 bits per heavy atom. The molecule has 3 unspecified atom stereocenters. The van der Waals surface area contributed by atoms with Gasteiger partial charge in [-0.05, 0) is 57.6 Å². The first-order valence-electron chi connectivity index (χ1n) is 12.8. The van der Waals surface area contributed by atoms with Crippen LogP contribution in [0, 0.1) is 19.8 Å². The maximum absolute atomic E-state index is 14.9. The highest BCUT2D eigenvalue weighted by atomic mass is 19.1. The minimum atomic E-state index is -1.32. The first kappa shape index (κ1) is 25.1. The van der Waals surface area contributed by atoms with Crippen LogP contribution in [0.1, 0.15) is 53.7 Å². The molecule has 2 heterocycles. The largest absolute Gasteiger partial charge is 0.493 e. The summed E-state index contributed by atoms with van der Waals surface area (Å²) in [6, 6.07) is 4.92. The number of aryl methyl sites for hydroxylation is 2. The van der Waals surface area contributed by atoms with Crippen molar-refractivity contribution in [2.45, 2.75) is 64.2 Å². The van der Waals surface area contributed by atoms with Crippen LogP contribution >= 0.6 is 0 Å². The van der Waals surface area contributed by atoms with Gasteiger partial charge in [-0.15, -0.1) is 0 Å². The van der Waals surface area contributed by atoms with E-state index in [9.17, 15) is 14.0 Å². The maximum atomic E-state index is 14.9. The molecule has 2 amide bonds. The highest BCUT2D eigenvalue weighted by molar-refractivity contribution is 6.09. The molecule has 37 heavy (non-hydrogen) atoms. The number of ether oxygens (including phenoxy) is 1. The van der Waals surface area contributed by atoms with E-state index in [0.29, 0.717) is 53.4 Å². The number of carbonyl (C=O) groups is 2. The van der Waals surface area contributed by atoms with E-state index in [1.54, 1.807) is 6.92 Å². The standard InChI is InChI=1S/C27H32FN5O4/c1-14-3-8-21(37-12-16-4-5-16)18(9-14)24-26-25(30-13-29-24)23(15(2)31-26)27(36)33-20-7-6-17(10-19(20)28)32-22(35)11-34/h3,8-9,13,16-17,19-20,31,34H,4-7,10-12H2,1-2H3,(H,32,35)(H,33,36). The van der Waals surface area contributed by atoms with Crippen LogP contribution in [0.2, 0.25) is 0 Å². The molecule has 1 aromatic carbocycles. The van der Waals surface area contributed by atoms with Crippen LogP contribution in [0.25, 0.3) is 22.3 Å². The Morgan fingerprint density at radius 1 is 1.16 bits per heavy atom. The van der Waals surface area contributed by atoms with E-state index in [4.69, 9.17) is 9.84 Å². The number of aromatic nitrogens is 3. The number of aliphatic hydroxyl groups excluding tert-OH is 1. The zero-order valence-electron chi connectivity index (χ0n) is 21.0. The first-order valence-corrected chi connectivity index (χ1v) is 12.8. The quantitative estimate of drug-likeness (QED) is 0.369. The van der Waals surface area contributed by atoms with Gasteiger partial charge in [0.25, 0.3) is 5.91 Å². The zero-order valence-corrected chi connectivity index (χ0v) is 21.0. The number of alkyl halides is 1. The van der Waals surface area contributed by atoms with Crippen molar-refractivity contribution in [2.24, 2.45) is 5.92 Å². The lowest BCUT2D eigenvalue weighted by Crippen LogP contribution is -2.50. The van der Waals surface area contributed by atoms with Gasteiger partial charge in [-0.1, -0.05) is 11.6 Å². The summed E-state index contributed by atoms with van der Waals surface area (Å²) in [5.74, 6) is 0.400. The van der Waals surface area contributed by atoms with Crippen LogP contribution in [0.4, 0.5) is 4.39 Å². The van der Waals surface area contributed by atoms with Gasteiger partial charge in [-0.3, -0.25) is 9.59 Å². The van der Waals surface area contributed by atoms with E-state index >= 15 is 0 Å². The minimum Gasteiger partial charge on any atom is -0.493 e. The van der Waals surface area contributed by atoms with E-state index in [0.717, 1.165) is 16.9 Å². The van der Waals surface area contributed by atoms with E-state index in [1.807, 2.05) is 25.1 Å². The number of fused-ring (bicyclic) bond motifs is 1. The monoisotopic (exact) mass is 509 g/mol. The molecule has 3 aromatic rings. The van der Waals surface area contributed by atoms with Crippen molar-refractivity contribution in [3.05, 3.63) is 41.3 Å². The van der Waals surface area contributed by atoms with Crippen molar-refractivity contribution in [1.82, 2.24) is 25.6 Å². The van der Waals surface area contributed by atoms with Gasteiger partial charge in [-0.2, -0.15) is 0 Å². The van der Waals surface area contributed by atoms with Crippen LogP contribution in [0.3, 0.4) is 0 Å². The number of halogens is 1. The number of hydrogen-bond acceptors (Lipinski definition) is 6. The van der Waals surface area contributed by atoms with Crippen molar-refractivity contribution >= 4 is 22.8 Å². The fourth-order valence-electron chi connectivity index (χ4n) is 4.97. The lowest BCUT2D eigenvalue weighted by atomic mass is 9.89. The van der Waals surface area contributed by atoms with E-state index in [1.165, 1.54) is 19.2 Å². The second-order valence-electron chi connectivity index (χ2n) is 10.2. The molecular formula is C27H32FN5O4. The number of benzene rings is 1. The molecule has 2 aliphatic carbocycles. The predicted octanol–water partition coefficient (Wildman–Crippen LogP) is 3.13. The second-order valence-corrected chi connectivity index (χ2v) is 10.2. The van der Waals surface area contributed by atoms with Crippen LogP contribution in [-0.2, 0) is 4.79 Å². The van der Waals surface area contributed by atoms with Gasteiger partial charge < -0.3 is 25.5 Å². The molecule has 10 heteroatoms. The number of amides is 2. The Kier molecular flexibility index (Phi) is 7.10. The summed E-state index contributed by atoms with van der Waals surface area (Å²) in [6.07, 6.45) is 3.44. The first-order chi connectivity index (χ1) is 17.8. The normalized spacial score (nSPS) is 21.6. The van der Waals surface area contributed by atoms with Gasteiger partial charge in [0, 0.05) is 23.7 Å². The summed E-state index contributed by atoms with van der Waals surface area (Å²) in [5, 5.41) is 14.3. The Bertz CT molecular complexity index is 1320. The third-order valence-corrected chi connectivity index (χ3v) is 7.16. The van der Waals surface area contributed by atoms with Crippen molar-refractivity contribution in [3.8, 4) is 17.0 Å². The van der Waals surface area contributed by atoms with E-state index in [2.05, 4.69) is 25.6 Å². The number of aliphatic hydroxyl groups is 1. The topological polar surface area (TPSA) is 129 Å². The molecule has 2 fully saturated rings. The number of aromatic amines is 1. The smallest absolute Gasteiger partial charge is 0.255 e. The lowest BCUT2D eigenvalue weighted by Gasteiger charge is -2.32. The third kappa shape index (κ3) is 5.44. The summed E-state index contributed by atoms with van der Waals surface area (Å²) in [5.41, 5.74) is 4.59. The Labute approximate surface area is 214 Å². The molecule has 5 rings (SSSR count). The molecule has 2 aromatic heterocycles. The van der Waals surface area contributed by atoms with Gasteiger partial charge in [-0.25, -0.2) is 14.4 Å². The number of carbonyl (C=O) groups excluding carboxylic acids is 2. The average Bonchev–Trinajstić information content (AvgIpc) is 3.64. The fourth-order valence-corrected chi connectivity index (χ4v) is 4.97. The van der Waals surface area contributed by atoms with Crippen LogP contribution in [0.15, 0.2) is 24.5 Å². The highest BCUT2D eigenvalue weighted by Crippen LogP contribution is 2.37. The summed E-state index contributed by atoms with van der Waals surface area (Å²) >= 11 is 0. The van der Waals surface area contributed by atoms with Crippen molar-refractivity contribution in [2.75, 3.05) is 13.2 Å². The second kappa shape index (κ2) is 10.5. The summed E-state index contributed by atoms with van der Waals surface area (Å²) < 4.78 is 21.0. The number of nitrogens with one attached hydrogen (secondary N) is 3. The van der Waals surface area contributed by atoms with Gasteiger partial charge in [0.2, 0.25) is 5.91 Å². The molecule has 0 aliphatic heterocycles. The van der Waals surface area contributed by atoms with Crippen molar-refractivity contribution in [3.63, 3.8) is 0 Å². The van der Waals surface area contributed by atoms with Crippen molar-refractivity contribution < 1.29 is 23.8 Å². The van der Waals surface area contributed by atoms with Gasteiger partial charge in [0.05, 0.1) is 23.7 Å². The Balaban J connectivity index is 1.39. The summed E-state index contributed by atoms with van der Waals surface area (Å²) in [7, 11) is 0. The van der Waals surface area contributed by atoms with Crippen LogP contribution < -0.4 is 15.4 Å². The van der Waals surface area contributed by atoms with Crippen LogP contribution in [-0.4, -0.2) is 63.3 Å². The molecule has 0 radical (unpaired) electrons. The fraction of sp³-hybridized carbons (Fsp3) is 0.481. The Morgan fingerprint density at radius 3 is 2.70 bits per heavy atom. The highest BCUT2D eigenvalue weighted by Gasteiger charge is 2.33. The molecule has 9 nitrogen and oxygen atoms in total. The molecule has 2 saturated carbocycles. The molecule has 196 valence electrons. The number of rotatable bonds is 8. The summed E-state index contributed by atoms with van der Waals surface area (Å²) in [6.45, 7) is 3.82. The molecule has 3 atom stereocenters. The molecule has 4 N–H and O–H groups in total. The zero-order chi connectivity index (χ0) is 26.1. The predicted molar refractivity (Wildman–Crippen MR) is 136 cm³/mol. The third-order valence-electron chi connectivity index (χ3n) is 7.16. The summed E-state index contributed by atoms with van der Waals surface area (Å²) in [4.78, 5) is 37.0. The number of nitrogens with zero attached hydrogens (tertiary/aromatic N) is 2. The molecule has 0 bridgehead atoms. The molecule has 0 saturated heterocycles. The minimum absolute atomic E-state index is 0.0763. The molecular weight excluding hydrogens is 477 g/mol. The van der Waals surface area contributed by atoms with Crippen molar-refractivity contribution in [1.29, 1.82) is 0 Å². The Hall–Kier alpha value is -3.53. The van der Waals surface area contributed by atoms with Gasteiger partial charge in [0.15, 0.2) is 0 Å². The van der Waals surface area contributed by atoms with Gasteiger partial charge in [0.1, 0.15) is 36.1 Å². The van der Waals surface area contributed by atoms with E-state index in [-0.39, 0.29) is 12.5 Å². The SMILES string of the molecule is Cc1ccc(OCC2CC2)c(-c2ncnc3c(C(=O)NC4CCC(NC(=O)CO)CC4F)c(C)[nH]c23)c1. The number of hydrogen-bond donors (Lipinski definition) is 4. The average molecular weight is 510 g/mol. The lowest BCUT2D eigenvalue weighted by molar-refractivity contribution is -0.124. The van der Waals surface area contributed by atoms with E-state index < -0.39 is 30.6 Å².